The number of hydrogen-bond acceptors (Lipinski definition) is 15. The standard InChI is InChI=1S/C52H71N13O13S/c1-28(2)44(52(77)57-26-41(66)60-40(23-32-25-55-27-58-32)51(76)63-38(21-30-11-7-6-8-12-30)50(75)61-36(45(54)70)19-20-79-5)65-46(71)29(3)59-49(74)39(22-31-24-56-35-14-10-9-13-33(31)35)64-48(73)37(16-18-43(69)78-4)62-47(72)34(53)15-17-42(67)68/h6-14,24-25,27-29,34,36-40,44,56H,15-23,26,53H2,1-5H3,(H2,54,70)(H,55,58)(H,57,77)(H,59,74)(H,60,66)(H,61,75)(H,62,72)(H,63,76)(H,64,73)(H,65,71)(H,67,68)/t29-,34-,36-,37-,38-,39-,40-,44-/m0/s1. The van der Waals surface area contributed by atoms with Gasteiger partial charge in [0.05, 0.1) is 26.0 Å². The number of rotatable bonds is 33. The lowest BCUT2D eigenvalue weighted by Crippen LogP contribution is -2.59. The van der Waals surface area contributed by atoms with Crippen LogP contribution in [-0.4, -0.2) is 159 Å². The number of carboxylic acids is 1. The molecule has 2 aromatic carbocycles. The van der Waals surface area contributed by atoms with E-state index in [-0.39, 0.29) is 44.9 Å². The van der Waals surface area contributed by atoms with Gasteiger partial charge in [-0.3, -0.25) is 52.7 Å². The highest BCUT2D eigenvalue weighted by Gasteiger charge is 2.34. The number of H-pyrrole nitrogens is 2. The molecule has 8 atom stereocenters. The Morgan fingerprint density at radius 2 is 1.27 bits per heavy atom. The number of aliphatic carboxylic acids is 1. The number of nitrogens with one attached hydrogen (secondary N) is 10. The number of carbonyl (C=O) groups excluding carboxylic acids is 10. The highest BCUT2D eigenvalue weighted by Crippen LogP contribution is 2.20. The monoisotopic (exact) mass is 1120 g/mol. The lowest BCUT2D eigenvalue weighted by Gasteiger charge is -2.26. The van der Waals surface area contributed by atoms with Gasteiger partial charge in [0.25, 0.3) is 0 Å². The lowest BCUT2D eigenvalue weighted by atomic mass is 10.0. The number of nitrogens with zero attached hydrogens (tertiary/aromatic N) is 1. The molecule has 0 fully saturated rings. The molecule has 2 heterocycles. The smallest absolute Gasteiger partial charge is 0.305 e. The molecule has 27 heteroatoms. The number of primary amides is 1. The van der Waals surface area contributed by atoms with Gasteiger partial charge in [0.15, 0.2) is 0 Å². The number of nitrogens with two attached hydrogens (primary N) is 2. The van der Waals surface area contributed by atoms with E-state index in [9.17, 15) is 52.7 Å². The highest BCUT2D eigenvalue weighted by molar-refractivity contribution is 7.98. The van der Waals surface area contributed by atoms with Gasteiger partial charge in [-0.1, -0.05) is 62.4 Å². The molecule has 0 spiro atoms. The first-order chi connectivity index (χ1) is 37.6. The van der Waals surface area contributed by atoms with Gasteiger partial charge >= 0.3 is 11.9 Å². The van der Waals surface area contributed by atoms with Crippen molar-refractivity contribution in [1.82, 2.24) is 57.5 Å². The lowest BCUT2D eigenvalue weighted by molar-refractivity contribution is -0.142. The predicted octanol–water partition coefficient (Wildman–Crippen LogP) is -1.51. The number of aromatic nitrogens is 3. The fourth-order valence-corrected chi connectivity index (χ4v) is 8.46. The number of imidazole rings is 1. The first kappa shape index (κ1) is 63.2. The van der Waals surface area contributed by atoms with Crippen LogP contribution < -0.4 is 54.0 Å². The van der Waals surface area contributed by atoms with Gasteiger partial charge in [-0.15, -0.1) is 0 Å². The minimum Gasteiger partial charge on any atom is -0.481 e. The van der Waals surface area contributed by atoms with Crippen LogP contribution >= 0.6 is 11.8 Å². The van der Waals surface area contributed by atoms with Crippen molar-refractivity contribution in [3.63, 3.8) is 0 Å². The molecule has 0 aliphatic carbocycles. The maximum atomic E-state index is 14.2. The van der Waals surface area contributed by atoms with Gasteiger partial charge in [0.1, 0.15) is 42.3 Å². The molecule has 4 aromatic rings. The summed E-state index contributed by atoms with van der Waals surface area (Å²) < 4.78 is 4.71. The summed E-state index contributed by atoms with van der Waals surface area (Å²) in [5.41, 5.74) is 13.9. The quantitative estimate of drug-likeness (QED) is 0.0241. The number of ether oxygens (including phenoxy) is 1. The number of esters is 1. The number of aromatic amines is 2. The van der Waals surface area contributed by atoms with E-state index in [0.29, 0.717) is 33.5 Å². The van der Waals surface area contributed by atoms with Crippen LogP contribution in [0.4, 0.5) is 0 Å². The number of benzene rings is 2. The summed E-state index contributed by atoms with van der Waals surface area (Å²) in [5, 5.41) is 30.4. The SMILES string of the molecule is COC(=O)CC[C@H](NC(=O)[C@@H](N)CCC(=O)O)C(=O)N[C@@H](Cc1c[nH]c2ccccc12)C(=O)N[C@@H](C)C(=O)N[C@H](C(=O)NCC(=O)N[C@@H](Cc1cnc[nH]1)C(=O)N[C@@H](Cc1ccccc1)C(=O)N[C@@H](CCSC)C(N)=O)C(C)C. The molecule has 0 radical (unpaired) electrons. The summed E-state index contributed by atoms with van der Waals surface area (Å²) >= 11 is 1.45. The molecule has 4 rings (SSSR count). The fraction of sp³-hybridized carbons (Fsp3) is 0.462. The van der Waals surface area contributed by atoms with Gasteiger partial charge in [0, 0.05) is 61.1 Å². The number of para-hydroxylation sites is 1. The molecular weight excluding hydrogens is 1050 g/mol. The topological polar surface area (TPSA) is 410 Å². The molecule has 0 aliphatic rings. The van der Waals surface area contributed by atoms with Gasteiger partial charge in [-0.2, -0.15) is 11.8 Å². The summed E-state index contributed by atoms with van der Waals surface area (Å²) in [6.45, 7) is 3.90. The average Bonchev–Trinajstić information content (AvgIpc) is 4.17. The Hall–Kier alpha value is -8.33. The minimum absolute atomic E-state index is 0.0108. The third-order valence-electron chi connectivity index (χ3n) is 12.5. The number of carbonyl (C=O) groups is 11. The van der Waals surface area contributed by atoms with Crippen molar-refractivity contribution < 1.29 is 62.6 Å². The highest BCUT2D eigenvalue weighted by atomic mass is 32.2. The maximum Gasteiger partial charge on any atom is 0.305 e. The number of amides is 9. The number of methoxy groups -OCH3 is 1. The number of thioether (sulfide) groups is 1. The Balaban J connectivity index is 1.47. The zero-order valence-corrected chi connectivity index (χ0v) is 45.4. The molecule has 26 nitrogen and oxygen atoms in total. The summed E-state index contributed by atoms with van der Waals surface area (Å²) in [6.07, 6.45) is 4.92. The molecule has 2 aromatic heterocycles. The molecule has 0 saturated carbocycles. The molecule has 428 valence electrons. The number of fused-ring (bicyclic) bond motifs is 1. The normalized spacial score (nSPS) is 14.1. The summed E-state index contributed by atoms with van der Waals surface area (Å²) in [5.74, 6) is -9.33. The zero-order valence-electron chi connectivity index (χ0n) is 44.6. The van der Waals surface area contributed by atoms with E-state index in [1.165, 1.54) is 31.2 Å². The Kier molecular flexibility index (Phi) is 25.4. The molecule has 15 N–H and O–H groups in total. The molecule has 0 saturated heterocycles. The molecule has 79 heavy (non-hydrogen) atoms. The number of hydrogen-bond donors (Lipinski definition) is 13. The molecular formula is C52H71N13O13S. The van der Waals surface area contributed by atoms with E-state index in [2.05, 4.69) is 57.5 Å². The Morgan fingerprint density at radius 1 is 0.658 bits per heavy atom. The van der Waals surface area contributed by atoms with E-state index in [4.69, 9.17) is 21.3 Å². The summed E-state index contributed by atoms with van der Waals surface area (Å²) in [6, 6.07) is 5.53. The predicted molar refractivity (Wildman–Crippen MR) is 290 cm³/mol. The zero-order chi connectivity index (χ0) is 58.2. The van der Waals surface area contributed by atoms with Gasteiger partial charge in [-0.25, -0.2) is 4.98 Å². The summed E-state index contributed by atoms with van der Waals surface area (Å²) in [4.78, 5) is 155. The first-order valence-corrected chi connectivity index (χ1v) is 26.8. The van der Waals surface area contributed by atoms with Crippen molar-refractivity contribution in [1.29, 1.82) is 0 Å². The van der Waals surface area contributed by atoms with Crippen molar-refractivity contribution in [2.75, 3.05) is 25.7 Å². The number of carboxylic acid groups (broad SMARTS) is 1. The molecule has 9 amide bonds. The van der Waals surface area contributed by atoms with Gasteiger partial charge < -0.3 is 73.8 Å². The molecule has 0 unspecified atom stereocenters. The van der Waals surface area contributed by atoms with Gasteiger partial charge in [-0.05, 0) is 61.3 Å². The van der Waals surface area contributed by atoms with Crippen LogP contribution in [0.3, 0.4) is 0 Å². The van der Waals surface area contributed by atoms with Crippen LogP contribution in [0, 0.1) is 5.92 Å². The molecule has 0 bridgehead atoms. The second-order valence-corrected chi connectivity index (χ2v) is 19.9. The van der Waals surface area contributed by atoms with Gasteiger partial charge in [0.2, 0.25) is 53.2 Å². The van der Waals surface area contributed by atoms with E-state index in [1.807, 2.05) is 6.26 Å². The van der Waals surface area contributed by atoms with Crippen molar-refractivity contribution >= 4 is 87.8 Å². The summed E-state index contributed by atoms with van der Waals surface area (Å²) in [7, 11) is 1.13. The Bertz CT molecular complexity index is 2740. The van der Waals surface area contributed by atoms with Crippen LogP contribution in [0.2, 0.25) is 0 Å². The maximum absolute atomic E-state index is 14.2. The minimum atomic E-state index is -1.46. The average molecular weight is 1120 g/mol. The van der Waals surface area contributed by atoms with Crippen LogP contribution in [0.25, 0.3) is 10.9 Å². The van der Waals surface area contributed by atoms with Crippen LogP contribution in [-0.2, 0) is 76.7 Å². The van der Waals surface area contributed by atoms with Crippen molar-refractivity contribution in [3.05, 3.63) is 90.1 Å². The van der Waals surface area contributed by atoms with Crippen molar-refractivity contribution in [2.45, 2.75) is 120 Å². The van der Waals surface area contributed by atoms with E-state index < -0.39 is 132 Å². The van der Waals surface area contributed by atoms with Crippen molar-refractivity contribution in [2.24, 2.45) is 17.4 Å². The Labute approximate surface area is 460 Å². The van der Waals surface area contributed by atoms with E-state index in [0.717, 1.165) is 7.11 Å². The third-order valence-corrected chi connectivity index (χ3v) is 13.1. The van der Waals surface area contributed by atoms with E-state index >= 15 is 0 Å². The van der Waals surface area contributed by atoms with Crippen LogP contribution in [0.1, 0.15) is 69.7 Å². The first-order valence-electron chi connectivity index (χ1n) is 25.4. The second-order valence-electron chi connectivity index (χ2n) is 18.9. The van der Waals surface area contributed by atoms with Crippen molar-refractivity contribution in [3.8, 4) is 0 Å². The van der Waals surface area contributed by atoms with E-state index in [1.54, 1.807) is 74.6 Å². The second kappa shape index (κ2) is 31.8. The van der Waals surface area contributed by atoms with Crippen LogP contribution in [0.15, 0.2) is 73.3 Å². The van der Waals surface area contributed by atoms with Crippen LogP contribution in [0.5, 0.6) is 0 Å². The molecule has 0 aliphatic heterocycles. The Morgan fingerprint density at radius 3 is 1.89 bits per heavy atom. The largest absolute Gasteiger partial charge is 0.481 e. The fourth-order valence-electron chi connectivity index (χ4n) is 7.99. The third kappa shape index (κ3) is 20.9.